The summed E-state index contributed by atoms with van der Waals surface area (Å²) in [6, 6.07) is 0. The molecule has 0 radical (unpaired) electrons. The summed E-state index contributed by atoms with van der Waals surface area (Å²) in [4.78, 5) is 21.6. The molecule has 1 aliphatic rings. The summed E-state index contributed by atoms with van der Waals surface area (Å²) in [5, 5.41) is 0. The van der Waals surface area contributed by atoms with Crippen LogP contribution in [0.15, 0.2) is 11.1 Å². The van der Waals surface area contributed by atoms with E-state index in [0.29, 0.717) is 0 Å². The number of cyclic esters (lactones) is 2. The molecule has 1 atom stereocenters. The zero-order valence-electron chi connectivity index (χ0n) is 7.51. The zero-order valence-corrected chi connectivity index (χ0v) is 7.51. The average molecular weight is 168 g/mol. The SMILES string of the molecule is CCC(C)C(C)=C1C(=O)OC1=O. The molecule has 1 heterocycles. The monoisotopic (exact) mass is 168 g/mol. The molecule has 0 aromatic carbocycles. The molecule has 3 nitrogen and oxygen atoms in total. The van der Waals surface area contributed by atoms with Gasteiger partial charge in [-0.05, 0) is 24.8 Å². The van der Waals surface area contributed by atoms with Gasteiger partial charge in [0.15, 0.2) is 0 Å². The van der Waals surface area contributed by atoms with Crippen LogP contribution >= 0.6 is 0 Å². The van der Waals surface area contributed by atoms with Gasteiger partial charge in [-0.2, -0.15) is 0 Å². The highest BCUT2D eigenvalue weighted by atomic mass is 16.6. The number of rotatable bonds is 2. The normalized spacial score (nSPS) is 18.4. The molecule has 0 bridgehead atoms. The minimum absolute atomic E-state index is 0.254. The van der Waals surface area contributed by atoms with Crippen molar-refractivity contribution >= 4 is 11.9 Å². The van der Waals surface area contributed by atoms with Crippen LogP contribution in [0.2, 0.25) is 0 Å². The summed E-state index contributed by atoms with van der Waals surface area (Å²) in [7, 11) is 0. The summed E-state index contributed by atoms with van der Waals surface area (Å²) in [5.41, 5.74) is 1.10. The third kappa shape index (κ3) is 1.26. The van der Waals surface area contributed by atoms with E-state index in [1.54, 1.807) is 0 Å². The van der Waals surface area contributed by atoms with E-state index in [0.717, 1.165) is 12.0 Å². The molecule has 0 aliphatic carbocycles. The molecule has 0 aromatic heterocycles. The molecule has 12 heavy (non-hydrogen) atoms. The van der Waals surface area contributed by atoms with E-state index in [-0.39, 0.29) is 11.5 Å². The number of ether oxygens (including phenoxy) is 1. The van der Waals surface area contributed by atoms with Crippen LogP contribution in [0.25, 0.3) is 0 Å². The predicted molar refractivity (Wildman–Crippen MR) is 43.3 cm³/mol. The molecule has 1 saturated heterocycles. The van der Waals surface area contributed by atoms with Crippen LogP contribution in [0, 0.1) is 5.92 Å². The third-order valence-electron chi connectivity index (χ3n) is 2.34. The lowest BCUT2D eigenvalue weighted by Crippen LogP contribution is -2.33. The standard InChI is InChI=1S/C9H12O3/c1-4-5(2)6(3)7-8(10)12-9(7)11/h5H,4H2,1-3H3. The number of hydrogen-bond acceptors (Lipinski definition) is 3. The van der Waals surface area contributed by atoms with Crippen LogP contribution in [0.3, 0.4) is 0 Å². The van der Waals surface area contributed by atoms with Gasteiger partial charge in [-0.25, -0.2) is 9.59 Å². The molecular weight excluding hydrogens is 156 g/mol. The highest BCUT2D eigenvalue weighted by Crippen LogP contribution is 2.24. The van der Waals surface area contributed by atoms with Crippen LogP contribution in [0.1, 0.15) is 27.2 Å². The van der Waals surface area contributed by atoms with Gasteiger partial charge in [0, 0.05) is 0 Å². The molecule has 1 fully saturated rings. The first-order valence-electron chi connectivity index (χ1n) is 4.05. The van der Waals surface area contributed by atoms with E-state index in [9.17, 15) is 9.59 Å². The lowest BCUT2D eigenvalue weighted by molar-refractivity contribution is -0.165. The first-order valence-corrected chi connectivity index (χ1v) is 4.05. The molecule has 3 heteroatoms. The summed E-state index contributed by atoms with van der Waals surface area (Å²) < 4.78 is 4.23. The van der Waals surface area contributed by atoms with Gasteiger partial charge in [0.25, 0.3) is 0 Å². The minimum atomic E-state index is -0.474. The molecule has 1 rings (SSSR count). The van der Waals surface area contributed by atoms with Crippen LogP contribution in [-0.2, 0) is 14.3 Å². The average Bonchev–Trinajstić information content (AvgIpc) is 2.02. The number of hydrogen-bond donors (Lipinski definition) is 0. The topological polar surface area (TPSA) is 43.4 Å². The fourth-order valence-corrected chi connectivity index (χ4v) is 1.10. The van der Waals surface area contributed by atoms with Crippen LogP contribution in [0.4, 0.5) is 0 Å². The van der Waals surface area contributed by atoms with Crippen molar-refractivity contribution in [3.63, 3.8) is 0 Å². The first-order chi connectivity index (χ1) is 5.57. The molecular formula is C9H12O3. The Kier molecular flexibility index (Phi) is 2.31. The van der Waals surface area contributed by atoms with Crippen molar-refractivity contribution in [3.05, 3.63) is 11.1 Å². The Morgan fingerprint density at radius 2 is 1.92 bits per heavy atom. The molecule has 0 aromatic rings. The molecule has 0 amide bonds. The quantitative estimate of drug-likeness (QED) is 0.271. The largest absolute Gasteiger partial charge is 0.385 e. The second-order valence-electron chi connectivity index (χ2n) is 3.04. The van der Waals surface area contributed by atoms with Crippen LogP contribution in [0.5, 0.6) is 0 Å². The van der Waals surface area contributed by atoms with Gasteiger partial charge in [0.05, 0.1) is 0 Å². The van der Waals surface area contributed by atoms with Crippen molar-refractivity contribution in [1.82, 2.24) is 0 Å². The number of esters is 2. The maximum atomic E-state index is 10.8. The lowest BCUT2D eigenvalue weighted by Gasteiger charge is -2.19. The van der Waals surface area contributed by atoms with Gasteiger partial charge >= 0.3 is 11.9 Å². The second kappa shape index (κ2) is 3.09. The maximum Gasteiger partial charge on any atom is 0.353 e. The summed E-state index contributed by atoms with van der Waals surface area (Å²) in [5.74, 6) is -0.674. The van der Waals surface area contributed by atoms with Crippen molar-refractivity contribution in [2.24, 2.45) is 5.92 Å². The lowest BCUT2D eigenvalue weighted by atomic mass is 9.93. The first kappa shape index (κ1) is 8.97. The van der Waals surface area contributed by atoms with Gasteiger partial charge in [0.1, 0.15) is 5.57 Å². The van der Waals surface area contributed by atoms with Gasteiger partial charge in [-0.3, -0.25) is 0 Å². The minimum Gasteiger partial charge on any atom is -0.385 e. The smallest absolute Gasteiger partial charge is 0.353 e. The van der Waals surface area contributed by atoms with Crippen molar-refractivity contribution in [1.29, 1.82) is 0 Å². The number of carbonyl (C=O) groups is 2. The van der Waals surface area contributed by atoms with Crippen molar-refractivity contribution < 1.29 is 14.3 Å². The molecule has 0 spiro atoms. The Hall–Kier alpha value is -1.12. The molecule has 0 N–H and O–H groups in total. The van der Waals surface area contributed by atoms with Gasteiger partial charge in [0.2, 0.25) is 0 Å². The molecule has 0 saturated carbocycles. The molecule has 1 unspecified atom stereocenters. The molecule has 66 valence electrons. The van der Waals surface area contributed by atoms with E-state index in [1.807, 2.05) is 20.8 Å². The maximum absolute atomic E-state index is 10.8. The Morgan fingerprint density at radius 3 is 2.25 bits per heavy atom. The Morgan fingerprint density at radius 1 is 1.42 bits per heavy atom. The molecule has 1 aliphatic heterocycles. The van der Waals surface area contributed by atoms with Gasteiger partial charge in [-0.15, -0.1) is 0 Å². The van der Waals surface area contributed by atoms with E-state index >= 15 is 0 Å². The second-order valence-corrected chi connectivity index (χ2v) is 3.04. The summed E-state index contributed by atoms with van der Waals surface area (Å²) >= 11 is 0. The van der Waals surface area contributed by atoms with E-state index in [2.05, 4.69) is 4.74 Å². The fourth-order valence-electron chi connectivity index (χ4n) is 1.10. The van der Waals surface area contributed by atoms with E-state index in [4.69, 9.17) is 0 Å². The van der Waals surface area contributed by atoms with Gasteiger partial charge in [-0.1, -0.05) is 13.8 Å². The Balaban J connectivity index is 2.89. The highest BCUT2D eigenvalue weighted by Gasteiger charge is 2.37. The highest BCUT2D eigenvalue weighted by molar-refractivity contribution is 6.27. The van der Waals surface area contributed by atoms with Crippen molar-refractivity contribution in [2.75, 3.05) is 0 Å². The predicted octanol–water partition coefficient (Wildman–Crippen LogP) is 1.43. The van der Waals surface area contributed by atoms with Crippen LogP contribution < -0.4 is 0 Å². The van der Waals surface area contributed by atoms with Gasteiger partial charge < -0.3 is 4.74 Å². The van der Waals surface area contributed by atoms with E-state index in [1.165, 1.54) is 0 Å². The van der Waals surface area contributed by atoms with Crippen LogP contribution in [-0.4, -0.2) is 11.9 Å². The zero-order chi connectivity index (χ0) is 9.30. The Labute approximate surface area is 71.4 Å². The fraction of sp³-hybridized carbons (Fsp3) is 0.556. The van der Waals surface area contributed by atoms with Crippen molar-refractivity contribution in [3.8, 4) is 0 Å². The third-order valence-corrected chi connectivity index (χ3v) is 2.34. The summed E-state index contributed by atoms with van der Waals surface area (Å²) in [6.45, 7) is 5.81. The Bertz CT molecular complexity index is 247. The summed E-state index contributed by atoms with van der Waals surface area (Å²) in [6.07, 6.45) is 0.926. The number of allylic oxidation sites excluding steroid dienone is 1. The number of carbonyl (C=O) groups excluding carboxylic acids is 2. The van der Waals surface area contributed by atoms with E-state index < -0.39 is 11.9 Å². The van der Waals surface area contributed by atoms with Crippen molar-refractivity contribution in [2.45, 2.75) is 27.2 Å².